The van der Waals surface area contributed by atoms with Crippen LogP contribution in [0, 0.1) is 11.3 Å². The molecule has 1 saturated carbocycles. The van der Waals surface area contributed by atoms with E-state index in [1.54, 1.807) is 0 Å². The van der Waals surface area contributed by atoms with Crippen LogP contribution in [0.25, 0.3) is 0 Å². The van der Waals surface area contributed by atoms with Crippen LogP contribution in [0.3, 0.4) is 0 Å². The Kier molecular flexibility index (Phi) is 5.47. The Hall–Kier alpha value is -2.22. The summed E-state index contributed by atoms with van der Waals surface area (Å²) in [5.41, 5.74) is 2.19. The van der Waals surface area contributed by atoms with Crippen LogP contribution in [0.5, 0.6) is 0 Å². The first-order chi connectivity index (χ1) is 12.1. The summed E-state index contributed by atoms with van der Waals surface area (Å²) in [4.78, 5) is 18.3. The Morgan fingerprint density at radius 2 is 1.44 bits per heavy atom. The maximum atomic E-state index is 13.3. The molecule has 1 aliphatic carbocycles. The second kappa shape index (κ2) is 7.77. The Labute approximate surface area is 151 Å². The molecule has 0 bridgehead atoms. The van der Waals surface area contributed by atoms with Crippen LogP contribution < -0.4 is 0 Å². The molecule has 25 heavy (non-hydrogen) atoms. The van der Waals surface area contributed by atoms with E-state index in [2.05, 4.69) is 12.1 Å². The van der Waals surface area contributed by atoms with Gasteiger partial charge in [-0.2, -0.15) is 0 Å². The highest BCUT2D eigenvalue weighted by Crippen LogP contribution is 2.35. The number of carbonyl (C=O) groups excluding carboxylic acids is 1. The van der Waals surface area contributed by atoms with E-state index in [-0.39, 0.29) is 5.92 Å². The highest BCUT2D eigenvalue weighted by atomic mass is 16.1. The number of aliphatic imine (C=N–C) groups is 1. The van der Waals surface area contributed by atoms with Gasteiger partial charge < -0.3 is 0 Å². The summed E-state index contributed by atoms with van der Waals surface area (Å²) in [6.45, 7) is 4.08. The molecule has 0 radical (unpaired) electrons. The number of Topliss-reactive ketones (excluding diaryl/α,β-unsaturated/α-hetero) is 1. The average molecular weight is 333 g/mol. The van der Waals surface area contributed by atoms with Gasteiger partial charge in [0.2, 0.25) is 0 Å². The van der Waals surface area contributed by atoms with Gasteiger partial charge in [-0.25, -0.2) is 0 Å². The molecule has 2 heteroatoms. The molecule has 0 aromatic heterocycles. The van der Waals surface area contributed by atoms with Crippen molar-refractivity contribution in [2.75, 3.05) is 0 Å². The minimum absolute atomic E-state index is 0.174. The molecular formula is C23H27NO. The molecule has 0 amide bonds. The Balaban J connectivity index is 2.01. The Bertz CT molecular complexity index is 725. The minimum atomic E-state index is -0.598. The van der Waals surface area contributed by atoms with E-state index >= 15 is 0 Å². The fourth-order valence-electron chi connectivity index (χ4n) is 3.78. The summed E-state index contributed by atoms with van der Waals surface area (Å²) in [6, 6.07) is 20.1. The van der Waals surface area contributed by atoms with Gasteiger partial charge in [-0.15, -0.1) is 0 Å². The summed E-state index contributed by atoms with van der Waals surface area (Å²) in [6.07, 6.45) is 5.64. The predicted molar refractivity (Wildman–Crippen MR) is 104 cm³/mol. The standard InChI is InChI=1S/C23H27NO/c1-23(2,22(25)19-14-8-4-9-15-19)21(18-12-6-3-7-13-18)24-20-16-10-5-11-17-20/h3,5-7,10-13,16-17,19H,4,8-9,14-15H2,1-2H3. The van der Waals surface area contributed by atoms with Gasteiger partial charge in [0.05, 0.1) is 16.8 Å². The van der Waals surface area contributed by atoms with Gasteiger partial charge in [-0.1, -0.05) is 67.8 Å². The van der Waals surface area contributed by atoms with Crippen molar-refractivity contribution in [3.8, 4) is 0 Å². The van der Waals surface area contributed by atoms with E-state index < -0.39 is 5.41 Å². The molecule has 2 aromatic rings. The Morgan fingerprint density at radius 3 is 2.04 bits per heavy atom. The molecule has 0 spiro atoms. The largest absolute Gasteiger partial charge is 0.298 e. The zero-order valence-corrected chi connectivity index (χ0v) is 15.2. The van der Waals surface area contributed by atoms with Crippen LogP contribution in [0.2, 0.25) is 0 Å². The zero-order valence-electron chi connectivity index (χ0n) is 15.2. The molecule has 3 rings (SSSR count). The lowest BCUT2D eigenvalue weighted by atomic mass is 9.71. The van der Waals surface area contributed by atoms with Crippen LogP contribution in [0.1, 0.15) is 51.5 Å². The molecule has 1 aliphatic rings. The molecule has 130 valence electrons. The summed E-state index contributed by atoms with van der Waals surface area (Å²) < 4.78 is 0. The number of nitrogens with zero attached hydrogens (tertiary/aromatic N) is 1. The van der Waals surface area contributed by atoms with Crippen LogP contribution in [0.4, 0.5) is 5.69 Å². The highest BCUT2D eigenvalue weighted by Gasteiger charge is 2.38. The smallest absolute Gasteiger partial charge is 0.147 e. The van der Waals surface area contributed by atoms with Crippen molar-refractivity contribution in [1.29, 1.82) is 0 Å². The summed E-state index contributed by atoms with van der Waals surface area (Å²) in [7, 11) is 0. The SMILES string of the molecule is CC(C)(C(=O)C1CCCCC1)C(=Nc1ccccc1)c1ccccc1. The molecule has 2 nitrogen and oxygen atoms in total. The van der Waals surface area contributed by atoms with Crippen LogP contribution in [-0.2, 0) is 4.79 Å². The molecule has 0 saturated heterocycles. The lowest BCUT2D eigenvalue weighted by molar-refractivity contribution is -0.129. The maximum Gasteiger partial charge on any atom is 0.147 e. The quantitative estimate of drug-likeness (QED) is 0.619. The van der Waals surface area contributed by atoms with Crippen molar-refractivity contribution in [2.45, 2.75) is 46.0 Å². The summed E-state index contributed by atoms with van der Waals surface area (Å²) in [5.74, 6) is 0.513. The van der Waals surface area contributed by atoms with Crippen LogP contribution in [-0.4, -0.2) is 11.5 Å². The summed E-state index contributed by atoms with van der Waals surface area (Å²) in [5, 5.41) is 0. The molecule has 2 aromatic carbocycles. The van der Waals surface area contributed by atoms with E-state index in [9.17, 15) is 4.79 Å². The fraction of sp³-hybridized carbons (Fsp3) is 0.391. The number of para-hydroxylation sites is 1. The third kappa shape index (κ3) is 4.07. The van der Waals surface area contributed by atoms with Crippen molar-refractivity contribution < 1.29 is 4.79 Å². The van der Waals surface area contributed by atoms with E-state index in [1.807, 2.05) is 62.4 Å². The first kappa shape index (κ1) is 17.6. The third-order valence-corrected chi connectivity index (χ3v) is 5.23. The van der Waals surface area contributed by atoms with Gasteiger partial charge >= 0.3 is 0 Å². The normalized spacial score (nSPS) is 16.6. The number of carbonyl (C=O) groups is 1. The van der Waals surface area contributed by atoms with Gasteiger partial charge in [0.1, 0.15) is 5.78 Å². The lowest BCUT2D eigenvalue weighted by Crippen LogP contribution is -2.39. The molecular weight excluding hydrogens is 306 g/mol. The van der Waals surface area contributed by atoms with Crippen molar-refractivity contribution >= 4 is 17.2 Å². The number of hydrogen-bond donors (Lipinski definition) is 0. The molecule has 0 unspecified atom stereocenters. The van der Waals surface area contributed by atoms with Gasteiger partial charge in [0.15, 0.2) is 0 Å². The lowest BCUT2D eigenvalue weighted by Gasteiger charge is -2.32. The average Bonchev–Trinajstić information content (AvgIpc) is 2.67. The fourth-order valence-corrected chi connectivity index (χ4v) is 3.78. The number of ketones is 1. The van der Waals surface area contributed by atoms with Gasteiger partial charge in [0, 0.05) is 5.92 Å². The second-order valence-corrected chi connectivity index (χ2v) is 7.49. The van der Waals surface area contributed by atoms with E-state index in [4.69, 9.17) is 4.99 Å². The van der Waals surface area contributed by atoms with Gasteiger partial charge in [-0.05, 0) is 44.4 Å². The van der Waals surface area contributed by atoms with Crippen molar-refractivity contribution in [3.05, 3.63) is 66.2 Å². The van der Waals surface area contributed by atoms with Crippen molar-refractivity contribution in [1.82, 2.24) is 0 Å². The van der Waals surface area contributed by atoms with Crippen molar-refractivity contribution in [3.63, 3.8) is 0 Å². The minimum Gasteiger partial charge on any atom is -0.298 e. The summed E-state index contributed by atoms with van der Waals surface area (Å²) >= 11 is 0. The molecule has 1 fully saturated rings. The first-order valence-electron chi connectivity index (χ1n) is 9.33. The second-order valence-electron chi connectivity index (χ2n) is 7.49. The topological polar surface area (TPSA) is 29.4 Å². The van der Waals surface area contributed by atoms with E-state index in [0.29, 0.717) is 5.78 Å². The molecule has 0 atom stereocenters. The predicted octanol–water partition coefficient (Wildman–Crippen LogP) is 5.98. The van der Waals surface area contributed by atoms with Crippen molar-refractivity contribution in [2.24, 2.45) is 16.3 Å². The highest BCUT2D eigenvalue weighted by molar-refractivity contribution is 6.17. The van der Waals surface area contributed by atoms with Gasteiger partial charge in [0.25, 0.3) is 0 Å². The zero-order chi connectivity index (χ0) is 17.7. The van der Waals surface area contributed by atoms with Gasteiger partial charge in [-0.3, -0.25) is 9.79 Å². The van der Waals surface area contributed by atoms with Crippen LogP contribution in [0.15, 0.2) is 65.7 Å². The molecule has 0 N–H and O–H groups in total. The number of hydrogen-bond acceptors (Lipinski definition) is 2. The molecule has 0 heterocycles. The molecule has 0 aliphatic heterocycles. The first-order valence-corrected chi connectivity index (χ1v) is 9.33. The van der Waals surface area contributed by atoms with Crippen LogP contribution >= 0.6 is 0 Å². The third-order valence-electron chi connectivity index (χ3n) is 5.23. The van der Waals surface area contributed by atoms with E-state index in [0.717, 1.165) is 29.8 Å². The van der Waals surface area contributed by atoms with E-state index in [1.165, 1.54) is 19.3 Å². The monoisotopic (exact) mass is 333 g/mol. The Morgan fingerprint density at radius 1 is 0.880 bits per heavy atom. The number of rotatable bonds is 5. The number of benzene rings is 2. The maximum absolute atomic E-state index is 13.3.